The van der Waals surface area contributed by atoms with Crippen molar-refractivity contribution in [2.75, 3.05) is 19.1 Å². The molecule has 0 amide bonds. The number of hydrogen-bond acceptors (Lipinski definition) is 7. The van der Waals surface area contributed by atoms with Crippen LogP contribution in [0.5, 0.6) is 11.5 Å². The fraction of sp³-hybridized carbons (Fsp3) is 0.176. The normalized spacial score (nSPS) is 14.0. The van der Waals surface area contributed by atoms with Crippen LogP contribution in [0.15, 0.2) is 46.2 Å². The van der Waals surface area contributed by atoms with Gasteiger partial charge in [-0.2, -0.15) is 0 Å². The van der Waals surface area contributed by atoms with E-state index >= 15 is 0 Å². The molecule has 7 nitrogen and oxygen atoms in total. The Morgan fingerprint density at radius 2 is 1.76 bits per heavy atom. The van der Waals surface area contributed by atoms with Crippen molar-refractivity contribution in [2.45, 2.75) is 6.36 Å². The van der Waals surface area contributed by atoms with Crippen LogP contribution in [0, 0.1) is 5.82 Å². The first-order chi connectivity index (χ1) is 13.5. The standard InChI is InChI=1S/C17H12BrF4NO6/c1-27-15(25)8-5-3-4-6-23(12(8)16(26)28-2)10-7-9(18)11(19)14(13(10)24)29-17(20,21)22/h3-7,24H,1-2H3. The molecule has 1 N–H and O–H groups in total. The van der Waals surface area contributed by atoms with Crippen LogP contribution in [-0.2, 0) is 19.1 Å². The number of halogens is 5. The topological polar surface area (TPSA) is 85.3 Å². The maximum atomic E-state index is 14.1. The van der Waals surface area contributed by atoms with Crippen molar-refractivity contribution in [2.24, 2.45) is 0 Å². The first-order valence-corrected chi connectivity index (χ1v) is 8.32. The third kappa shape index (κ3) is 4.70. The summed E-state index contributed by atoms with van der Waals surface area (Å²) >= 11 is 2.73. The van der Waals surface area contributed by atoms with Crippen LogP contribution in [0.2, 0.25) is 0 Å². The summed E-state index contributed by atoms with van der Waals surface area (Å²) in [6, 6.07) is 0.890. The highest BCUT2D eigenvalue weighted by Crippen LogP contribution is 2.46. The van der Waals surface area contributed by atoms with E-state index in [9.17, 15) is 32.3 Å². The largest absolute Gasteiger partial charge is 0.573 e. The minimum Gasteiger partial charge on any atom is -0.503 e. The smallest absolute Gasteiger partial charge is 0.503 e. The summed E-state index contributed by atoms with van der Waals surface area (Å²) in [5.41, 5.74) is -1.35. The van der Waals surface area contributed by atoms with Crippen molar-refractivity contribution in [1.29, 1.82) is 0 Å². The Balaban J connectivity index is 2.80. The van der Waals surface area contributed by atoms with Crippen LogP contribution in [0.4, 0.5) is 23.2 Å². The molecule has 12 heteroatoms. The summed E-state index contributed by atoms with van der Waals surface area (Å²) in [4.78, 5) is 25.3. The Kier molecular flexibility index (Phi) is 6.57. The Bertz CT molecular complexity index is 939. The molecular formula is C17H12BrF4NO6. The van der Waals surface area contributed by atoms with E-state index in [2.05, 4.69) is 30.1 Å². The second kappa shape index (κ2) is 8.55. The molecule has 0 aromatic heterocycles. The summed E-state index contributed by atoms with van der Waals surface area (Å²) in [5.74, 6) is -6.39. The molecule has 1 aliphatic rings. The van der Waals surface area contributed by atoms with E-state index in [-0.39, 0.29) is 5.57 Å². The van der Waals surface area contributed by atoms with Crippen molar-refractivity contribution in [3.63, 3.8) is 0 Å². The van der Waals surface area contributed by atoms with Crippen molar-refractivity contribution in [3.8, 4) is 11.5 Å². The zero-order chi connectivity index (χ0) is 21.9. The van der Waals surface area contributed by atoms with Crippen molar-refractivity contribution < 1.29 is 46.5 Å². The van der Waals surface area contributed by atoms with Gasteiger partial charge in [-0.15, -0.1) is 13.2 Å². The van der Waals surface area contributed by atoms with Crippen LogP contribution < -0.4 is 9.64 Å². The Labute approximate surface area is 169 Å². The average molecular weight is 482 g/mol. The molecule has 1 aromatic carbocycles. The summed E-state index contributed by atoms with van der Waals surface area (Å²) < 4.78 is 64.4. The summed E-state index contributed by atoms with van der Waals surface area (Å²) in [5, 5.41) is 10.3. The first kappa shape index (κ1) is 22.3. The number of benzene rings is 1. The van der Waals surface area contributed by atoms with Gasteiger partial charge in [-0.05, 0) is 34.1 Å². The van der Waals surface area contributed by atoms with E-state index in [0.717, 1.165) is 31.4 Å². The summed E-state index contributed by atoms with van der Waals surface area (Å²) in [7, 11) is 2.04. The third-order valence-corrected chi connectivity index (χ3v) is 4.07. The van der Waals surface area contributed by atoms with Gasteiger partial charge in [0.25, 0.3) is 0 Å². The number of methoxy groups -OCH3 is 2. The van der Waals surface area contributed by atoms with Gasteiger partial charge in [0, 0.05) is 6.20 Å². The SMILES string of the molecule is COC(=O)C1=C(C(=O)OC)N(c2cc(Br)c(F)c(OC(F)(F)F)c2O)C=CC=C1. The molecule has 1 aliphatic heterocycles. The van der Waals surface area contributed by atoms with E-state index in [4.69, 9.17) is 0 Å². The predicted octanol–water partition coefficient (Wildman–Crippen LogP) is 3.68. The van der Waals surface area contributed by atoms with Gasteiger partial charge < -0.3 is 24.2 Å². The molecule has 1 heterocycles. The van der Waals surface area contributed by atoms with Gasteiger partial charge >= 0.3 is 18.3 Å². The molecule has 156 valence electrons. The molecule has 0 aliphatic carbocycles. The fourth-order valence-corrected chi connectivity index (χ4v) is 2.72. The maximum Gasteiger partial charge on any atom is 0.573 e. The molecule has 0 fully saturated rings. The number of ether oxygens (including phenoxy) is 3. The van der Waals surface area contributed by atoms with Crippen LogP contribution in [0.25, 0.3) is 0 Å². The number of anilines is 1. The molecule has 2 rings (SSSR count). The molecule has 1 aromatic rings. The number of carbonyl (C=O) groups is 2. The lowest BCUT2D eigenvalue weighted by molar-refractivity contribution is -0.276. The molecular weight excluding hydrogens is 470 g/mol. The number of hydrogen-bond donors (Lipinski definition) is 1. The molecule has 0 saturated carbocycles. The monoisotopic (exact) mass is 481 g/mol. The summed E-state index contributed by atoms with van der Waals surface area (Å²) in [6.45, 7) is 0. The molecule has 29 heavy (non-hydrogen) atoms. The second-order valence-corrected chi connectivity index (χ2v) is 6.09. The van der Waals surface area contributed by atoms with Gasteiger partial charge in [-0.1, -0.05) is 6.08 Å². The molecule has 0 saturated heterocycles. The highest BCUT2D eigenvalue weighted by molar-refractivity contribution is 9.10. The molecule has 0 atom stereocenters. The molecule has 0 unspecified atom stereocenters. The lowest BCUT2D eigenvalue weighted by Crippen LogP contribution is -2.27. The number of carbonyl (C=O) groups excluding carboxylic acids is 2. The van der Waals surface area contributed by atoms with E-state index in [1.165, 1.54) is 18.2 Å². The van der Waals surface area contributed by atoms with Crippen LogP contribution in [0.3, 0.4) is 0 Å². The van der Waals surface area contributed by atoms with Gasteiger partial charge in [0.1, 0.15) is 5.70 Å². The minimum atomic E-state index is -5.31. The van der Waals surface area contributed by atoms with Gasteiger partial charge in [-0.3, -0.25) is 0 Å². The van der Waals surface area contributed by atoms with Crippen LogP contribution >= 0.6 is 15.9 Å². The van der Waals surface area contributed by atoms with Crippen molar-refractivity contribution in [1.82, 2.24) is 0 Å². The number of allylic oxidation sites excluding steroid dienone is 2. The Morgan fingerprint density at radius 1 is 1.14 bits per heavy atom. The van der Waals surface area contributed by atoms with Crippen LogP contribution in [0.1, 0.15) is 0 Å². The fourth-order valence-electron chi connectivity index (χ4n) is 2.32. The highest BCUT2D eigenvalue weighted by atomic mass is 79.9. The minimum absolute atomic E-state index is 0.331. The second-order valence-electron chi connectivity index (χ2n) is 5.23. The van der Waals surface area contributed by atoms with E-state index in [1.54, 1.807) is 0 Å². The number of phenolic OH excluding ortho intramolecular Hbond substituents is 1. The maximum absolute atomic E-state index is 14.1. The molecule has 0 spiro atoms. The third-order valence-electron chi connectivity index (χ3n) is 3.50. The zero-order valence-electron chi connectivity index (χ0n) is 14.7. The number of alkyl halides is 3. The van der Waals surface area contributed by atoms with E-state index < -0.39 is 51.5 Å². The molecule has 0 bridgehead atoms. The lowest BCUT2D eigenvalue weighted by Gasteiger charge is -2.25. The van der Waals surface area contributed by atoms with Crippen molar-refractivity contribution in [3.05, 3.63) is 52.1 Å². The zero-order valence-corrected chi connectivity index (χ0v) is 16.3. The van der Waals surface area contributed by atoms with Gasteiger partial charge in [0.2, 0.25) is 5.75 Å². The number of rotatable bonds is 4. The summed E-state index contributed by atoms with van der Waals surface area (Å²) in [6.07, 6.45) is -0.352. The van der Waals surface area contributed by atoms with Gasteiger partial charge in [0.05, 0.1) is 30.0 Å². The average Bonchev–Trinajstić information content (AvgIpc) is 2.88. The Morgan fingerprint density at radius 3 is 2.31 bits per heavy atom. The quantitative estimate of drug-likeness (QED) is 0.518. The van der Waals surface area contributed by atoms with Crippen molar-refractivity contribution >= 4 is 33.6 Å². The van der Waals surface area contributed by atoms with E-state index in [1.807, 2.05) is 0 Å². The van der Waals surface area contributed by atoms with Crippen LogP contribution in [-0.4, -0.2) is 37.6 Å². The number of nitrogens with zero attached hydrogens (tertiary/aromatic N) is 1. The Hall–Kier alpha value is -3.02. The predicted molar refractivity (Wildman–Crippen MR) is 94.3 cm³/mol. The van der Waals surface area contributed by atoms with E-state index in [0.29, 0.717) is 0 Å². The number of aromatic hydroxyl groups is 1. The first-order valence-electron chi connectivity index (χ1n) is 7.53. The van der Waals surface area contributed by atoms with Gasteiger partial charge in [-0.25, -0.2) is 14.0 Å². The number of phenols is 1. The lowest BCUT2D eigenvalue weighted by atomic mass is 10.1. The highest BCUT2D eigenvalue weighted by Gasteiger charge is 2.37. The molecule has 0 radical (unpaired) electrons. The number of esters is 2. The van der Waals surface area contributed by atoms with Gasteiger partial charge in [0.15, 0.2) is 11.6 Å².